The van der Waals surface area contributed by atoms with Crippen molar-refractivity contribution in [1.29, 1.82) is 0 Å². The highest BCUT2D eigenvalue weighted by Crippen LogP contribution is 2.49. The Kier molecular flexibility index (Phi) is 5.06. The molecule has 174 valence electrons. The monoisotopic (exact) mass is 452 g/mol. The molecule has 3 aliphatic rings. The van der Waals surface area contributed by atoms with Crippen LogP contribution in [0.2, 0.25) is 0 Å². The maximum Gasteiger partial charge on any atom is 0.433 e. The second-order valence-electron chi connectivity index (χ2n) is 10.1. The molecule has 32 heavy (non-hydrogen) atoms. The van der Waals surface area contributed by atoms with Crippen molar-refractivity contribution in [2.24, 2.45) is 4.99 Å². The molecule has 1 saturated carbocycles. The summed E-state index contributed by atoms with van der Waals surface area (Å²) in [6.07, 6.45) is -2.91. The van der Waals surface area contributed by atoms with Gasteiger partial charge in [0.15, 0.2) is 0 Å². The number of amides is 2. The van der Waals surface area contributed by atoms with Gasteiger partial charge in [-0.25, -0.2) is 9.78 Å². The fourth-order valence-corrected chi connectivity index (χ4v) is 4.06. The van der Waals surface area contributed by atoms with Crippen LogP contribution in [0.1, 0.15) is 70.3 Å². The SMILES string of the molecule is CC(C)(C)OC(=O)N1CCC2(CC1)N=C(c1ccc(C(F)(F)F)nc1C1(C)CC1)NC2=O. The van der Waals surface area contributed by atoms with Crippen LogP contribution in [0.15, 0.2) is 17.1 Å². The summed E-state index contributed by atoms with van der Waals surface area (Å²) < 4.78 is 45.1. The number of nitrogens with zero attached hydrogens (tertiary/aromatic N) is 3. The van der Waals surface area contributed by atoms with E-state index in [0.29, 0.717) is 37.2 Å². The molecule has 1 N–H and O–H groups in total. The Hall–Kier alpha value is -2.65. The zero-order chi connectivity index (χ0) is 23.5. The number of pyridine rings is 1. The standard InChI is InChI=1S/C22H27F3N4O3/c1-19(2,3)32-18(31)29-11-9-21(10-12-29)17(30)27-16(28-21)13-5-6-14(22(23,24)25)26-15(13)20(4)7-8-20/h5-6H,7-12H2,1-4H3,(H,27,28,30). The van der Waals surface area contributed by atoms with Crippen LogP contribution in [0.4, 0.5) is 18.0 Å². The molecule has 2 fully saturated rings. The second kappa shape index (κ2) is 7.18. The number of piperidine rings is 1. The quantitative estimate of drug-likeness (QED) is 0.740. The molecule has 0 unspecified atom stereocenters. The van der Waals surface area contributed by atoms with Gasteiger partial charge in [-0.05, 0) is 58.6 Å². The first-order valence-electron chi connectivity index (χ1n) is 10.7. The number of nitrogens with one attached hydrogen (secondary N) is 1. The number of alkyl halides is 3. The Labute approximate surface area is 184 Å². The highest BCUT2D eigenvalue weighted by Gasteiger charge is 2.49. The molecule has 0 radical (unpaired) electrons. The summed E-state index contributed by atoms with van der Waals surface area (Å²) >= 11 is 0. The molecule has 3 heterocycles. The van der Waals surface area contributed by atoms with Gasteiger partial charge < -0.3 is 15.0 Å². The summed E-state index contributed by atoms with van der Waals surface area (Å²) in [5.74, 6) is -0.0480. The van der Waals surface area contributed by atoms with Crippen LogP contribution in [-0.2, 0) is 21.1 Å². The van der Waals surface area contributed by atoms with Crippen molar-refractivity contribution in [1.82, 2.24) is 15.2 Å². The minimum Gasteiger partial charge on any atom is -0.444 e. The average Bonchev–Trinajstić information content (AvgIpc) is 3.36. The van der Waals surface area contributed by atoms with Crippen molar-refractivity contribution in [3.63, 3.8) is 0 Å². The lowest BCUT2D eigenvalue weighted by Crippen LogP contribution is -2.51. The zero-order valence-corrected chi connectivity index (χ0v) is 18.6. The lowest BCUT2D eigenvalue weighted by molar-refractivity contribution is -0.141. The van der Waals surface area contributed by atoms with Crippen LogP contribution in [0, 0.1) is 0 Å². The summed E-state index contributed by atoms with van der Waals surface area (Å²) in [6.45, 7) is 7.82. The van der Waals surface area contributed by atoms with E-state index in [1.54, 1.807) is 25.7 Å². The van der Waals surface area contributed by atoms with Gasteiger partial charge in [-0.2, -0.15) is 13.2 Å². The smallest absolute Gasteiger partial charge is 0.433 e. The molecule has 1 aromatic rings. The molecule has 1 saturated heterocycles. The highest BCUT2D eigenvalue weighted by atomic mass is 19.4. The Morgan fingerprint density at radius 3 is 2.28 bits per heavy atom. The average molecular weight is 452 g/mol. The molecule has 2 amide bonds. The maximum atomic E-state index is 13.2. The van der Waals surface area contributed by atoms with E-state index in [4.69, 9.17) is 4.74 Å². The predicted molar refractivity (Wildman–Crippen MR) is 110 cm³/mol. The number of carbonyl (C=O) groups is 2. The number of aromatic nitrogens is 1. The summed E-state index contributed by atoms with van der Waals surface area (Å²) in [6, 6.07) is 2.28. The number of halogens is 3. The minimum absolute atomic E-state index is 0.255. The summed E-state index contributed by atoms with van der Waals surface area (Å²) in [5, 5.41) is 2.77. The predicted octanol–water partition coefficient (Wildman–Crippen LogP) is 3.80. The second-order valence-corrected chi connectivity index (χ2v) is 10.1. The number of amidine groups is 1. The third-order valence-corrected chi connectivity index (χ3v) is 6.24. The third kappa shape index (κ3) is 4.19. The van der Waals surface area contributed by atoms with Gasteiger partial charge in [-0.15, -0.1) is 0 Å². The van der Waals surface area contributed by atoms with E-state index in [0.717, 1.165) is 18.9 Å². The molecule has 7 nitrogen and oxygen atoms in total. The normalized spacial score (nSPS) is 21.9. The molecular formula is C22H27F3N4O3. The fourth-order valence-electron chi connectivity index (χ4n) is 4.06. The molecule has 1 spiro atoms. The van der Waals surface area contributed by atoms with E-state index < -0.39 is 34.5 Å². The van der Waals surface area contributed by atoms with E-state index >= 15 is 0 Å². The van der Waals surface area contributed by atoms with Gasteiger partial charge >= 0.3 is 12.3 Å². The molecule has 10 heteroatoms. The van der Waals surface area contributed by atoms with Crippen molar-refractivity contribution in [2.45, 2.75) is 76.1 Å². The molecule has 0 bridgehead atoms. The minimum atomic E-state index is -4.55. The molecule has 4 rings (SSSR count). The lowest BCUT2D eigenvalue weighted by atomic mass is 9.88. The first kappa shape index (κ1) is 22.5. The van der Waals surface area contributed by atoms with Gasteiger partial charge in [0, 0.05) is 24.1 Å². The molecule has 0 aromatic carbocycles. The third-order valence-electron chi connectivity index (χ3n) is 6.24. The number of rotatable bonds is 2. The van der Waals surface area contributed by atoms with E-state index in [9.17, 15) is 22.8 Å². The molecule has 2 aliphatic heterocycles. The van der Waals surface area contributed by atoms with Crippen molar-refractivity contribution < 1.29 is 27.5 Å². The Morgan fingerprint density at radius 2 is 1.75 bits per heavy atom. The van der Waals surface area contributed by atoms with E-state index in [-0.39, 0.29) is 11.7 Å². The van der Waals surface area contributed by atoms with Crippen molar-refractivity contribution >= 4 is 17.8 Å². The van der Waals surface area contributed by atoms with Gasteiger partial charge in [0.05, 0.1) is 5.69 Å². The number of ether oxygens (including phenoxy) is 1. The van der Waals surface area contributed by atoms with E-state index in [1.807, 2.05) is 6.92 Å². The fraction of sp³-hybridized carbons (Fsp3) is 0.636. The van der Waals surface area contributed by atoms with Crippen molar-refractivity contribution in [3.05, 3.63) is 29.1 Å². The summed E-state index contributed by atoms with van der Waals surface area (Å²) in [4.78, 5) is 35.3. The van der Waals surface area contributed by atoms with Crippen LogP contribution in [-0.4, -0.2) is 51.9 Å². The van der Waals surface area contributed by atoms with Crippen molar-refractivity contribution in [2.75, 3.05) is 13.1 Å². The van der Waals surface area contributed by atoms with Gasteiger partial charge in [-0.3, -0.25) is 9.79 Å². The first-order chi connectivity index (χ1) is 14.7. The van der Waals surface area contributed by atoms with E-state index in [2.05, 4.69) is 15.3 Å². The first-order valence-corrected chi connectivity index (χ1v) is 10.7. The van der Waals surface area contributed by atoms with Crippen LogP contribution in [0.25, 0.3) is 0 Å². The van der Waals surface area contributed by atoms with Crippen LogP contribution < -0.4 is 5.32 Å². The molecule has 1 aliphatic carbocycles. The number of hydrogen-bond donors (Lipinski definition) is 1. The van der Waals surface area contributed by atoms with Crippen LogP contribution >= 0.6 is 0 Å². The van der Waals surface area contributed by atoms with Gasteiger partial charge in [0.1, 0.15) is 22.7 Å². The van der Waals surface area contributed by atoms with Crippen LogP contribution in [0.3, 0.4) is 0 Å². The molecular weight excluding hydrogens is 425 g/mol. The summed E-state index contributed by atoms with van der Waals surface area (Å²) in [5.41, 5.74) is -2.33. The molecule has 1 aromatic heterocycles. The lowest BCUT2D eigenvalue weighted by Gasteiger charge is -2.36. The highest BCUT2D eigenvalue weighted by molar-refractivity contribution is 6.16. The summed E-state index contributed by atoms with van der Waals surface area (Å²) in [7, 11) is 0. The van der Waals surface area contributed by atoms with Crippen molar-refractivity contribution in [3.8, 4) is 0 Å². The number of likely N-dealkylation sites (tertiary alicyclic amines) is 1. The zero-order valence-electron chi connectivity index (χ0n) is 18.6. The topological polar surface area (TPSA) is 83.9 Å². The Balaban J connectivity index is 1.59. The number of carbonyl (C=O) groups excluding carboxylic acids is 2. The largest absolute Gasteiger partial charge is 0.444 e. The number of aliphatic imine (C=N–C) groups is 1. The molecule has 0 atom stereocenters. The van der Waals surface area contributed by atoms with Gasteiger partial charge in [0.2, 0.25) is 0 Å². The van der Waals surface area contributed by atoms with Crippen LogP contribution in [0.5, 0.6) is 0 Å². The Bertz CT molecular complexity index is 985. The number of hydrogen-bond acceptors (Lipinski definition) is 5. The van der Waals surface area contributed by atoms with Gasteiger partial charge in [0.25, 0.3) is 5.91 Å². The maximum absolute atomic E-state index is 13.2. The van der Waals surface area contributed by atoms with Gasteiger partial charge in [-0.1, -0.05) is 6.92 Å². The van der Waals surface area contributed by atoms with E-state index in [1.165, 1.54) is 6.07 Å². The Morgan fingerprint density at radius 1 is 1.12 bits per heavy atom.